The first kappa shape index (κ1) is 23.8. The van der Waals surface area contributed by atoms with Gasteiger partial charge >= 0.3 is 0 Å². The molecule has 0 amide bonds. The molecule has 0 bridgehead atoms. The number of fused-ring (bicyclic) bond motifs is 1. The number of aryl methyl sites for hydroxylation is 1. The predicted octanol–water partition coefficient (Wildman–Crippen LogP) is 4.46. The third kappa shape index (κ3) is 7.33. The summed E-state index contributed by atoms with van der Waals surface area (Å²) in [5.41, 5.74) is 2.06. The molecule has 0 spiro atoms. The fourth-order valence-corrected chi connectivity index (χ4v) is 3.26. The molecule has 0 saturated carbocycles. The average Bonchev–Trinajstić information content (AvgIpc) is 2.93. The Morgan fingerprint density at radius 2 is 1.96 bits per heavy atom. The van der Waals surface area contributed by atoms with Gasteiger partial charge in [0.2, 0.25) is 0 Å². The van der Waals surface area contributed by atoms with E-state index < -0.39 is 0 Å². The molecule has 0 aliphatic carbocycles. The maximum Gasteiger partial charge on any atom is 0.191 e. The number of aliphatic hydroxyl groups excluding tert-OH is 1. The van der Waals surface area contributed by atoms with Crippen LogP contribution < -0.4 is 10.6 Å². The first-order valence-electron chi connectivity index (χ1n) is 9.65. The van der Waals surface area contributed by atoms with Crippen molar-refractivity contribution in [3.63, 3.8) is 0 Å². The number of hydrogen-bond donors (Lipinski definition) is 3. The number of para-hydroxylation sites is 1. The normalized spacial score (nSPS) is 12.9. The zero-order chi connectivity index (χ0) is 18.9. The van der Waals surface area contributed by atoms with Crippen LogP contribution in [0.25, 0.3) is 11.0 Å². The number of furan rings is 1. The van der Waals surface area contributed by atoms with Gasteiger partial charge in [0, 0.05) is 30.6 Å². The molecule has 2 rings (SSSR count). The zero-order valence-electron chi connectivity index (χ0n) is 16.9. The minimum atomic E-state index is 0. The second-order valence-corrected chi connectivity index (χ2v) is 7.23. The highest BCUT2D eigenvalue weighted by Crippen LogP contribution is 2.25. The van der Waals surface area contributed by atoms with E-state index in [2.05, 4.69) is 49.4 Å². The van der Waals surface area contributed by atoms with Crippen molar-refractivity contribution >= 4 is 40.9 Å². The van der Waals surface area contributed by atoms with Crippen molar-refractivity contribution in [2.24, 2.45) is 16.8 Å². The van der Waals surface area contributed by atoms with Gasteiger partial charge in [0.05, 0.1) is 0 Å². The summed E-state index contributed by atoms with van der Waals surface area (Å²) < 4.78 is 5.95. The van der Waals surface area contributed by atoms with Crippen molar-refractivity contribution in [2.75, 3.05) is 19.7 Å². The lowest BCUT2D eigenvalue weighted by Crippen LogP contribution is -2.40. The molecule has 2 aromatic rings. The highest BCUT2D eigenvalue weighted by Gasteiger charge is 2.12. The van der Waals surface area contributed by atoms with Crippen LogP contribution in [0.3, 0.4) is 0 Å². The summed E-state index contributed by atoms with van der Waals surface area (Å²) in [6.07, 6.45) is 1.91. The molecule has 27 heavy (non-hydrogen) atoms. The molecule has 1 unspecified atom stereocenters. The van der Waals surface area contributed by atoms with Gasteiger partial charge in [0.25, 0.3) is 0 Å². The molecule has 0 fully saturated rings. The summed E-state index contributed by atoms with van der Waals surface area (Å²) in [6, 6.07) is 8.08. The Kier molecular flexibility index (Phi) is 10.8. The first-order valence-corrected chi connectivity index (χ1v) is 9.65. The molecule has 1 atom stereocenters. The Balaban J connectivity index is 0.00000364. The predicted molar refractivity (Wildman–Crippen MR) is 124 cm³/mol. The Morgan fingerprint density at radius 1 is 1.22 bits per heavy atom. The fourth-order valence-electron chi connectivity index (χ4n) is 3.26. The lowest BCUT2D eigenvalue weighted by Gasteiger charge is -2.20. The van der Waals surface area contributed by atoms with Crippen molar-refractivity contribution < 1.29 is 9.52 Å². The maximum absolute atomic E-state index is 9.28. The van der Waals surface area contributed by atoms with Crippen LogP contribution in [0.15, 0.2) is 33.7 Å². The van der Waals surface area contributed by atoms with E-state index >= 15 is 0 Å². The smallest absolute Gasteiger partial charge is 0.191 e. The van der Waals surface area contributed by atoms with Crippen LogP contribution in [0.2, 0.25) is 0 Å². The number of nitrogens with one attached hydrogen (secondary N) is 2. The van der Waals surface area contributed by atoms with E-state index in [1.54, 1.807) is 0 Å². The van der Waals surface area contributed by atoms with Crippen LogP contribution in [0.4, 0.5) is 0 Å². The van der Waals surface area contributed by atoms with Gasteiger partial charge in [-0.15, -0.1) is 24.0 Å². The van der Waals surface area contributed by atoms with Crippen molar-refractivity contribution in [1.29, 1.82) is 0 Å². The zero-order valence-corrected chi connectivity index (χ0v) is 19.2. The standard InChI is InChI=1S/C21H33N3O2.HI/c1-5-22-21(23-13-17(10-11-25)12-15(2)3)24-14-20-16(4)18-8-6-7-9-19(18)26-20;/h6-9,15,17,25H,5,10-14H2,1-4H3,(H2,22,23,24);1H. The van der Waals surface area contributed by atoms with Crippen LogP contribution in [0.1, 0.15) is 44.9 Å². The molecule has 1 aromatic heterocycles. The van der Waals surface area contributed by atoms with E-state index in [4.69, 9.17) is 4.42 Å². The van der Waals surface area contributed by atoms with E-state index in [0.29, 0.717) is 18.4 Å². The second-order valence-electron chi connectivity index (χ2n) is 7.23. The van der Waals surface area contributed by atoms with Crippen LogP contribution in [0.5, 0.6) is 0 Å². The summed E-state index contributed by atoms with van der Waals surface area (Å²) >= 11 is 0. The van der Waals surface area contributed by atoms with E-state index in [0.717, 1.165) is 54.2 Å². The second kappa shape index (κ2) is 12.2. The molecule has 1 heterocycles. The molecule has 6 heteroatoms. The largest absolute Gasteiger partial charge is 0.459 e. The highest BCUT2D eigenvalue weighted by atomic mass is 127. The van der Waals surface area contributed by atoms with Crippen LogP contribution in [-0.4, -0.2) is 30.8 Å². The minimum Gasteiger partial charge on any atom is -0.459 e. The summed E-state index contributed by atoms with van der Waals surface area (Å²) in [4.78, 5) is 4.69. The van der Waals surface area contributed by atoms with Gasteiger partial charge in [-0.1, -0.05) is 32.0 Å². The third-order valence-corrected chi connectivity index (χ3v) is 4.57. The van der Waals surface area contributed by atoms with E-state index in [-0.39, 0.29) is 30.6 Å². The quantitative estimate of drug-likeness (QED) is 0.278. The Hall–Kier alpha value is -1.28. The van der Waals surface area contributed by atoms with Crippen molar-refractivity contribution in [3.8, 4) is 0 Å². The topological polar surface area (TPSA) is 69.8 Å². The molecule has 5 nitrogen and oxygen atoms in total. The Bertz CT molecular complexity index is 713. The SMILES string of the molecule is CCNC(=NCc1oc2ccccc2c1C)NCC(CCO)CC(C)C.I. The lowest BCUT2D eigenvalue weighted by atomic mass is 9.94. The maximum atomic E-state index is 9.28. The van der Waals surface area contributed by atoms with E-state index in [1.165, 1.54) is 0 Å². The highest BCUT2D eigenvalue weighted by molar-refractivity contribution is 14.0. The Morgan fingerprint density at radius 3 is 2.59 bits per heavy atom. The monoisotopic (exact) mass is 487 g/mol. The third-order valence-electron chi connectivity index (χ3n) is 4.57. The fraction of sp³-hybridized carbons (Fsp3) is 0.571. The average molecular weight is 487 g/mol. The van der Waals surface area contributed by atoms with Crippen LogP contribution in [-0.2, 0) is 6.54 Å². The number of hydrogen-bond acceptors (Lipinski definition) is 3. The molecule has 3 N–H and O–H groups in total. The summed E-state index contributed by atoms with van der Waals surface area (Å²) in [5, 5.41) is 17.1. The van der Waals surface area contributed by atoms with Gasteiger partial charge in [0.1, 0.15) is 17.9 Å². The molecular formula is C21H34IN3O2. The number of rotatable bonds is 9. The number of guanidine groups is 1. The summed E-state index contributed by atoms with van der Waals surface area (Å²) in [7, 11) is 0. The number of halogens is 1. The van der Waals surface area contributed by atoms with Gasteiger partial charge in [-0.3, -0.25) is 0 Å². The number of aliphatic imine (C=N–C) groups is 1. The molecule has 152 valence electrons. The molecule has 0 saturated heterocycles. The van der Waals surface area contributed by atoms with Crippen molar-refractivity contribution in [2.45, 2.75) is 47.1 Å². The minimum absolute atomic E-state index is 0. The van der Waals surface area contributed by atoms with Gasteiger partial charge in [0.15, 0.2) is 5.96 Å². The van der Waals surface area contributed by atoms with Gasteiger partial charge < -0.3 is 20.2 Å². The van der Waals surface area contributed by atoms with Crippen molar-refractivity contribution in [1.82, 2.24) is 10.6 Å². The molecule has 0 radical (unpaired) electrons. The number of benzene rings is 1. The van der Waals surface area contributed by atoms with E-state index in [9.17, 15) is 5.11 Å². The first-order chi connectivity index (χ1) is 12.5. The Labute approximate surface area is 180 Å². The van der Waals surface area contributed by atoms with Gasteiger partial charge in [-0.05, 0) is 44.6 Å². The summed E-state index contributed by atoms with van der Waals surface area (Å²) in [6.45, 7) is 10.9. The van der Waals surface area contributed by atoms with Crippen molar-refractivity contribution in [3.05, 3.63) is 35.6 Å². The lowest BCUT2D eigenvalue weighted by molar-refractivity contribution is 0.243. The summed E-state index contributed by atoms with van der Waals surface area (Å²) in [5.74, 6) is 2.75. The van der Waals surface area contributed by atoms with Gasteiger partial charge in [-0.25, -0.2) is 4.99 Å². The number of aliphatic hydroxyl groups is 1. The van der Waals surface area contributed by atoms with E-state index in [1.807, 2.05) is 18.2 Å². The molecule has 1 aromatic carbocycles. The number of nitrogens with zero attached hydrogens (tertiary/aromatic N) is 1. The van der Waals surface area contributed by atoms with Gasteiger partial charge in [-0.2, -0.15) is 0 Å². The molecule has 0 aliphatic rings. The van der Waals surface area contributed by atoms with Crippen LogP contribution in [0, 0.1) is 18.8 Å². The van der Waals surface area contributed by atoms with Crippen LogP contribution >= 0.6 is 24.0 Å². The molecular weight excluding hydrogens is 453 g/mol. The molecule has 0 aliphatic heterocycles.